The fourth-order valence-corrected chi connectivity index (χ4v) is 4.10. The van der Waals surface area contributed by atoms with Crippen molar-refractivity contribution in [3.8, 4) is 0 Å². The van der Waals surface area contributed by atoms with Crippen LogP contribution in [0.2, 0.25) is 0 Å². The van der Waals surface area contributed by atoms with Crippen molar-refractivity contribution in [2.75, 3.05) is 18.2 Å². The number of imidazole rings is 1. The molecule has 4 aromatic rings. The normalized spacial score (nSPS) is 18.8. The minimum atomic E-state index is -0.178. The molecule has 29 heavy (non-hydrogen) atoms. The fraction of sp³-hybridized carbons (Fsp3) is 0.182. The Kier molecular flexibility index (Phi) is 3.67. The van der Waals surface area contributed by atoms with Crippen LogP contribution < -0.4 is 10.2 Å². The third-order valence-corrected chi connectivity index (χ3v) is 5.42. The van der Waals surface area contributed by atoms with Gasteiger partial charge in [0.1, 0.15) is 5.76 Å². The van der Waals surface area contributed by atoms with Gasteiger partial charge in [-0.3, -0.25) is 14.4 Å². The van der Waals surface area contributed by atoms with E-state index in [2.05, 4.69) is 50.0 Å². The lowest BCUT2D eigenvalue weighted by Gasteiger charge is -2.41. The Balaban J connectivity index is 1.42. The van der Waals surface area contributed by atoms with Crippen molar-refractivity contribution < 1.29 is 4.42 Å². The number of nitrogens with one attached hydrogen (secondary N) is 1. The number of para-hydroxylation sites is 2. The maximum Gasteiger partial charge on any atom is 0.216 e. The van der Waals surface area contributed by atoms with Gasteiger partial charge in [0, 0.05) is 6.54 Å². The number of anilines is 1. The van der Waals surface area contributed by atoms with E-state index in [0.29, 0.717) is 6.67 Å². The van der Waals surface area contributed by atoms with Gasteiger partial charge in [-0.05, 0) is 29.8 Å². The standard InChI is InChI=1S/C22H20N6O/c1-2-7-16(8-3-1)13-26-14-23-21-25-20(19-11-6-12-29-19)28-18-10-5-4-9-17(18)24-22(28)27(21)15-26/h1-12,20H,13-15H2,(H,23,25). The maximum atomic E-state index is 5.73. The minimum absolute atomic E-state index is 0.178. The molecule has 1 atom stereocenters. The summed E-state index contributed by atoms with van der Waals surface area (Å²) in [5, 5.41) is 3.56. The molecular formula is C22H20N6O. The first-order valence-electron chi connectivity index (χ1n) is 9.72. The van der Waals surface area contributed by atoms with Crippen LogP contribution in [0.1, 0.15) is 17.5 Å². The number of nitrogens with zero attached hydrogens (tertiary/aromatic N) is 5. The van der Waals surface area contributed by atoms with Gasteiger partial charge in [0.2, 0.25) is 11.9 Å². The molecule has 0 fully saturated rings. The second kappa shape index (κ2) is 6.49. The molecular weight excluding hydrogens is 364 g/mol. The second-order valence-electron chi connectivity index (χ2n) is 7.34. The van der Waals surface area contributed by atoms with Gasteiger partial charge in [-0.25, -0.2) is 9.98 Å². The highest BCUT2D eigenvalue weighted by Crippen LogP contribution is 2.34. The number of rotatable bonds is 3. The van der Waals surface area contributed by atoms with E-state index in [1.54, 1.807) is 6.26 Å². The summed E-state index contributed by atoms with van der Waals surface area (Å²) < 4.78 is 7.93. The third-order valence-electron chi connectivity index (χ3n) is 5.42. The summed E-state index contributed by atoms with van der Waals surface area (Å²) in [6.45, 7) is 2.20. The zero-order valence-corrected chi connectivity index (χ0v) is 15.8. The average molecular weight is 384 g/mol. The molecule has 2 aromatic heterocycles. The molecule has 0 radical (unpaired) electrons. The molecule has 0 saturated carbocycles. The molecule has 0 amide bonds. The first-order valence-corrected chi connectivity index (χ1v) is 9.72. The average Bonchev–Trinajstić information content (AvgIpc) is 3.43. The van der Waals surface area contributed by atoms with Crippen molar-refractivity contribution >= 4 is 22.9 Å². The van der Waals surface area contributed by atoms with E-state index >= 15 is 0 Å². The van der Waals surface area contributed by atoms with Crippen molar-refractivity contribution in [2.45, 2.75) is 12.7 Å². The van der Waals surface area contributed by atoms with E-state index in [9.17, 15) is 0 Å². The van der Waals surface area contributed by atoms with Crippen LogP contribution in [0, 0.1) is 0 Å². The van der Waals surface area contributed by atoms with Crippen molar-refractivity contribution in [1.82, 2.24) is 19.8 Å². The lowest BCUT2D eigenvalue weighted by atomic mass is 10.2. The van der Waals surface area contributed by atoms with Crippen LogP contribution in [-0.2, 0) is 6.54 Å². The quantitative estimate of drug-likeness (QED) is 0.587. The highest BCUT2D eigenvalue weighted by Gasteiger charge is 2.36. The number of aromatic nitrogens is 2. The number of hydrogen-bond donors (Lipinski definition) is 1. The molecule has 4 heterocycles. The summed E-state index contributed by atoms with van der Waals surface area (Å²) in [7, 11) is 0. The van der Waals surface area contributed by atoms with Gasteiger partial charge in [-0.15, -0.1) is 0 Å². The number of aliphatic imine (C=N–C) groups is 1. The lowest BCUT2D eigenvalue weighted by Crippen LogP contribution is -2.57. The topological polar surface area (TPSA) is 61.8 Å². The van der Waals surface area contributed by atoms with Crippen LogP contribution in [0.4, 0.5) is 5.95 Å². The van der Waals surface area contributed by atoms with E-state index in [4.69, 9.17) is 14.4 Å². The van der Waals surface area contributed by atoms with Gasteiger partial charge in [-0.2, -0.15) is 0 Å². The van der Waals surface area contributed by atoms with Crippen LogP contribution in [0.25, 0.3) is 11.0 Å². The first kappa shape index (κ1) is 16.4. The van der Waals surface area contributed by atoms with E-state index in [1.807, 2.05) is 36.4 Å². The summed E-state index contributed by atoms with van der Waals surface area (Å²) in [6.07, 6.45) is 1.52. The largest absolute Gasteiger partial charge is 0.465 e. The Morgan fingerprint density at radius 2 is 1.86 bits per heavy atom. The lowest BCUT2D eigenvalue weighted by molar-refractivity contribution is 0.262. The monoisotopic (exact) mass is 384 g/mol. The van der Waals surface area contributed by atoms with Gasteiger partial charge in [-0.1, -0.05) is 42.5 Å². The van der Waals surface area contributed by atoms with Crippen molar-refractivity contribution in [2.24, 2.45) is 4.99 Å². The number of hydrogen-bond acceptors (Lipinski definition) is 6. The number of benzene rings is 2. The fourth-order valence-electron chi connectivity index (χ4n) is 4.10. The predicted molar refractivity (Wildman–Crippen MR) is 111 cm³/mol. The smallest absolute Gasteiger partial charge is 0.216 e. The SMILES string of the molecule is c1ccc(CN2CN=C3NC(c4ccco4)n4c(nc5ccccc54)N3C2)cc1. The Hall–Kier alpha value is -3.58. The minimum Gasteiger partial charge on any atom is -0.465 e. The van der Waals surface area contributed by atoms with Crippen LogP contribution in [0.3, 0.4) is 0 Å². The van der Waals surface area contributed by atoms with E-state index in [-0.39, 0.29) is 6.17 Å². The highest BCUT2D eigenvalue weighted by molar-refractivity contribution is 5.98. The van der Waals surface area contributed by atoms with Gasteiger partial charge in [0.05, 0.1) is 30.6 Å². The van der Waals surface area contributed by atoms with Crippen LogP contribution in [-0.4, -0.2) is 33.7 Å². The first-order chi connectivity index (χ1) is 14.4. The molecule has 1 N–H and O–H groups in total. The summed E-state index contributed by atoms with van der Waals surface area (Å²) in [5.74, 6) is 2.55. The van der Waals surface area contributed by atoms with Crippen LogP contribution in [0.5, 0.6) is 0 Å². The van der Waals surface area contributed by atoms with Gasteiger partial charge >= 0.3 is 0 Å². The van der Waals surface area contributed by atoms with Gasteiger partial charge in [0.15, 0.2) is 6.17 Å². The molecule has 2 aliphatic rings. The predicted octanol–water partition coefficient (Wildman–Crippen LogP) is 3.37. The van der Waals surface area contributed by atoms with E-state index in [0.717, 1.165) is 41.9 Å². The molecule has 0 aliphatic carbocycles. The molecule has 2 aromatic carbocycles. The number of furan rings is 1. The van der Waals surface area contributed by atoms with E-state index in [1.165, 1.54) is 5.56 Å². The zero-order chi connectivity index (χ0) is 19.2. The summed E-state index contributed by atoms with van der Waals surface area (Å²) in [4.78, 5) is 14.2. The van der Waals surface area contributed by atoms with Gasteiger partial charge < -0.3 is 9.73 Å². The zero-order valence-electron chi connectivity index (χ0n) is 15.8. The van der Waals surface area contributed by atoms with Crippen molar-refractivity contribution in [3.05, 3.63) is 84.3 Å². The molecule has 1 unspecified atom stereocenters. The van der Waals surface area contributed by atoms with Crippen molar-refractivity contribution in [1.29, 1.82) is 0 Å². The van der Waals surface area contributed by atoms with Crippen LogP contribution >= 0.6 is 0 Å². The Bertz CT molecular complexity index is 1180. The molecule has 7 heteroatoms. The summed E-state index contributed by atoms with van der Waals surface area (Å²) >= 11 is 0. The van der Waals surface area contributed by atoms with Gasteiger partial charge in [0.25, 0.3) is 0 Å². The van der Waals surface area contributed by atoms with Crippen LogP contribution in [0.15, 0.2) is 82.4 Å². The Labute approximate surface area is 167 Å². The molecule has 2 aliphatic heterocycles. The molecule has 0 bridgehead atoms. The number of fused-ring (bicyclic) bond motifs is 5. The molecule has 0 spiro atoms. The molecule has 0 saturated heterocycles. The molecule has 144 valence electrons. The molecule has 6 rings (SSSR count). The maximum absolute atomic E-state index is 5.73. The Morgan fingerprint density at radius 3 is 2.72 bits per heavy atom. The molecule has 7 nitrogen and oxygen atoms in total. The number of guanidine groups is 1. The Morgan fingerprint density at radius 1 is 1.00 bits per heavy atom. The van der Waals surface area contributed by atoms with Crippen molar-refractivity contribution in [3.63, 3.8) is 0 Å². The highest BCUT2D eigenvalue weighted by atomic mass is 16.3. The second-order valence-corrected chi connectivity index (χ2v) is 7.34. The summed E-state index contributed by atoms with van der Waals surface area (Å²) in [6, 6.07) is 22.6. The van der Waals surface area contributed by atoms with E-state index < -0.39 is 0 Å². The summed E-state index contributed by atoms with van der Waals surface area (Å²) in [5.41, 5.74) is 3.30. The third kappa shape index (κ3) is 2.70.